The van der Waals surface area contributed by atoms with Crippen LogP contribution in [0.4, 0.5) is 4.39 Å². The lowest BCUT2D eigenvalue weighted by atomic mass is 9.84. The maximum absolute atomic E-state index is 13.1. The van der Waals surface area contributed by atoms with Gasteiger partial charge in [0.1, 0.15) is 5.82 Å². The van der Waals surface area contributed by atoms with Crippen molar-refractivity contribution in [2.24, 2.45) is 5.92 Å². The average molecular weight is 342 g/mol. The first-order valence-corrected chi connectivity index (χ1v) is 8.04. The number of hydrogen-bond donors (Lipinski definition) is 0. The second kappa shape index (κ2) is 6.70. The Labute approximate surface area is 128 Å². The van der Waals surface area contributed by atoms with Gasteiger partial charge in [0.2, 0.25) is 0 Å². The number of halogens is 2. The number of nitrogens with zero attached hydrogens (tertiary/aromatic N) is 1. The zero-order valence-corrected chi connectivity index (χ0v) is 13.6. The minimum atomic E-state index is -0.334. The van der Waals surface area contributed by atoms with E-state index in [-0.39, 0.29) is 11.7 Å². The molecule has 0 radical (unpaired) electrons. The number of carbonyl (C=O) groups is 1. The van der Waals surface area contributed by atoms with Crippen molar-refractivity contribution in [3.8, 4) is 0 Å². The van der Waals surface area contributed by atoms with Crippen molar-refractivity contribution in [2.45, 2.75) is 45.1 Å². The first kappa shape index (κ1) is 15.5. The van der Waals surface area contributed by atoms with Gasteiger partial charge in [-0.1, -0.05) is 13.3 Å². The fourth-order valence-corrected chi connectivity index (χ4v) is 3.48. The molecular formula is C16H21BrFNO. The third-order valence-electron chi connectivity index (χ3n) is 4.42. The summed E-state index contributed by atoms with van der Waals surface area (Å²) in [6.07, 6.45) is 5.76. The maximum Gasteiger partial charge on any atom is 0.254 e. The highest BCUT2D eigenvalue weighted by atomic mass is 79.9. The van der Waals surface area contributed by atoms with Crippen LogP contribution in [0.25, 0.3) is 0 Å². The van der Waals surface area contributed by atoms with Crippen molar-refractivity contribution in [3.05, 3.63) is 34.1 Å². The van der Waals surface area contributed by atoms with Gasteiger partial charge in [0.25, 0.3) is 5.91 Å². The van der Waals surface area contributed by atoms with Crippen LogP contribution >= 0.6 is 15.9 Å². The van der Waals surface area contributed by atoms with Crippen molar-refractivity contribution < 1.29 is 9.18 Å². The molecule has 0 atom stereocenters. The SMILES string of the molecule is CCC1CCC(N(C)C(=O)c2ccc(F)cc2Br)CC1. The number of carbonyl (C=O) groups excluding carboxylic acids is 1. The zero-order chi connectivity index (χ0) is 14.7. The van der Waals surface area contributed by atoms with Crippen molar-refractivity contribution in [1.82, 2.24) is 4.90 Å². The van der Waals surface area contributed by atoms with Gasteiger partial charge in [0, 0.05) is 17.6 Å². The van der Waals surface area contributed by atoms with Crippen LogP contribution in [0.3, 0.4) is 0 Å². The number of benzene rings is 1. The molecule has 1 aromatic rings. The Bertz CT molecular complexity index is 483. The number of rotatable bonds is 3. The van der Waals surface area contributed by atoms with Crippen molar-refractivity contribution in [1.29, 1.82) is 0 Å². The topological polar surface area (TPSA) is 20.3 Å². The minimum absolute atomic E-state index is 0.0307. The molecule has 0 heterocycles. The maximum atomic E-state index is 13.1. The van der Waals surface area contributed by atoms with Crippen LogP contribution < -0.4 is 0 Å². The molecule has 1 amide bonds. The van der Waals surface area contributed by atoms with Crippen LogP contribution in [0.15, 0.2) is 22.7 Å². The first-order valence-electron chi connectivity index (χ1n) is 7.25. The Morgan fingerprint density at radius 3 is 2.55 bits per heavy atom. The monoisotopic (exact) mass is 341 g/mol. The van der Waals surface area contributed by atoms with Crippen LogP contribution in [0.1, 0.15) is 49.4 Å². The molecule has 0 aromatic heterocycles. The lowest BCUT2D eigenvalue weighted by molar-refractivity contribution is 0.0673. The van der Waals surface area contributed by atoms with Crippen LogP contribution in [0.5, 0.6) is 0 Å². The second-order valence-corrected chi connectivity index (χ2v) is 6.48. The summed E-state index contributed by atoms with van der Waals surface area (Å²) in [6.45, 7) is 2.23. The largest absolute Gasteiger partial charge is 0.339 e. The van der Waals surface area contributed by atoms with Crippen molar-refractivity contribution in [2.75, 3.05) is 7.05 Å². The molecule has 0 aliphatic heterocycles. The predicted molar refractivity (Wildman–Crippen MR) is 82.2 cm³/mol. The first-order chi connectivity index (χ1) is 9.52. The Kier molecular flexibility index (Phi) is 5.19. The lowest BCUT2D eigenvalue weighted by Crippen LogP contribution is -2.39. The molecule has 2 rings (SSSR count). The van der Waals surface area contributed by atoms with E-state index in [4.69, 9.17) is 0 Å². The molecule has 1 aliphatic carbocycles. The summed E-state index contributed by atoms with van der Waals surface area (Å²) in [6, 6.07) is 4.53. The summed E-state index contributed by atoms with van der Waals surface area (Å²) < 4.78 is 13.6. The Morgan fingerprint density at radius 1 is 1.35 bits per heavy atom. The van der Waals surface area contributed by atoms with Gasteiger partial charge in [-0.15, -0.1) is 0 Å². The highest BCUT2D eigenvalue weighted by Crippen LogP contribution is 2.30. The van der Waals surface area contributed by atoms with E-state index in [9.17, 15) is 9.18 Å². The molecule has 0 unspecified atom stereocenters. The van der Waals surface area contributed by atoms with Crippen molar-refractivity contribution >= 4 is 21.8 Å². The summed E-state index contributed by atoms with van der Waals surface area (Å²) in [5.41, 5.74) is 0.534. The van der Waals surface area contributed by atoms with Gasteiger partial charge in [-0.25, -0.2) is 4.39 Å². The minimum Gasteiger partial charge on any atom is -0.339 e. The van der Waals surface area contributed by atoms with E-state index < -0.39 is 0 Å². The molecule has 2 nitrogen and oxygen atoms in total. The summed E-state index contributed by atoms with van der Waals surface area (Å²) >= 11 is 3.27. The fourth-order valence-electron chi connectivity index (χ4n) is 2.96. The van der Waals surface area contributed by atoms with E-state index in [0.29, 0.717) is 16.1 Å². The number of amides is 1. The molecule has 1 saturated carbocycles. The summed E-state index contributed by atoms with van der Waals surface area (Å²) in [7, 11) is 1.86. The molecule has 20 heavy (non-hydrogen) atoms. The highest BCUT2D eigenvalue weighted by molar-refractivity contribution is 9.10. The van der Waals surface area contributed by atoms with Crippen LogP contribution in [-0.2, 0) is 0 Å². The van der Waals surface area contributed by atoms with E-state index in [1.807, 2.05) is 11.9 Å². The van der Waals surface area contributed by atoms with Gasteiger partial charge in [0.15, 0.2) is 0 Å². The molecular weight excluding hydrogens is 321 g/mol. The van der Waals surface area contributed by atoms with Crippen LogP contribution in [0, 0.1) is 11.7 Å². The number of hydrogen-bond acceptors (Lipinski definition) is 1. The molecule has 110 valence electrons. The van der Waals surface area contributed by atoms with E-state index in [0.717, 1.165) is 18.8 Å². The standard InChI is InChI=1S/C16H21BrFNO/c1-3-11-4-7-13(8-5-11)19(2)16(20)14-9-6-12(18)10-15(14)17/h6,9-11,13H,3-5,7-8H2,1-2H3. The zero-order valence-electron chi connectivity index (χ0n) is 12.0. The van der Waals surface area contributed by atoms with E-state index in [1.165, 1.54) is 31.4 Å². The van der Waals surface area contributed by atoms with E-state index in [1.54, 1.807) is 6.07 Å². The average Bonchev–Trinajstić information content (AvgIpc) is 2.46. The Morgan fingerprint density at radius 2 is 2.00 bits per heavy atom. The quantitative estimate of drug-likeness (QED) is 0.784. The van der Waals surface area contributed by atoms with Gasteiger partial charge in [-0.05, 0) is 65.7 Å². The molecule has 1 aliphatic rings. The summed E-state index contributed by atoms with van der Waals surface area (Å²) in [5.74, 6) is 0.448. The van der Waals surface area contributed by atoms with E-state index in [2.05, 4.69) is 22.9 Å². The van der Waals surface area contributed by atoms with Gasteiger partial charge in [-0.3, -0.25) is 4.79 Å². The third-order valence-corrected chi connectivity index (χ3v) is 5.08. The van der Waals surface area contributed by atoms with Crippen LogP contribution in [-0.4, -0.2) is 23.9 Å². The van der Waals surface area contributed by atoms with Gasteiger partial charge >= 0.3 is 0 Å². The Hall–Kier alpha value is -0.900. The molecule has 0 N–H and O–H groups in total. The summed E-state index contributed by atoms with van der Waals surface area (Å²) in [5, 5.41) is 0. The lowest BCUT2D eigenvalue weighted by Gasteiger charge is -2.34. The van der Waals surface area contributed by atoms with Gasteiger partial charge < -0.3 is 4.90 Å². The molecule has 0 bridgehead atoms. The van der Waals surface area contributed by atoms with E-state index >= 15 is 0 Å². The predicted octanol–water partition coefficient (Wildman–Crippen LogP) is 4.63. The highest BCUT2D eigenvalue weighted by Gasteiger charge is 2.27. The molecule has 1 aromatic carbocycles. The van der Waals surface area contributed by atoms with Gasteiger partial charge in [-0.2, -0.15) is 0 Å². The van der Waals surface area contributed by atoms with Gasteiger partial charge in [0.05, 0.1) is 5.56 Å². The molecule has 0 saturated heterocycles. The molecule has 0 spiro atoms. The summed E-state index contributed by atoms with van der Waals surface area (Å²) in [4.78, 5) is 14.3. The van der Waals surface area contributed by atoms with Crippen molar-refractivity contribution in [3.63, 3.8) is 0 Å². The normalized spacial score (nSPS) is 22.6. The fraction of sp³-hybridized carbons (Fsp3) is 0.562. The third kappa shape index (κ3) is 3.40. The second-order valence-electron chi connectivity index (χ2n) is 5.62. The van der Waals surface area contributed by atoms with Crippen LogP contribution in [0.2, 0.25) is 0 Å². The smallest absolute Gasteiger partial charge is 0.254 e. The Balaban J connectivity index is 2.05. The molecule has 1 fully saturated rings. The molecule has 4 heteroatoms.